The molecular weight excluding hydrogens is 166 g/mol. The maximum Gasteiger partial charge on any atom is 0.241 e. The Balaban J connectivity index is 2.77. The van der Waals surface area contributed by atoms with E-state index in [1.54, 1.807) is 4.90 Å². The van der Waals surface area contributed by atoms with Crippen LogP contribution in [0, 0.1) is 0 Å². The molecule has 4 nitrogen and oxygen atoms in total. The van der Waals surface area contributed by atoms with Crippen molar-refractivity contribution in [2.75, 3.05) is 26.7 Å². The summed E-state index contributed by atoms with van der Waals surface area (Å²) in [5, 5.41) is 0. The van der Waals surface area contributed by atoms with Gasteiger partial charge in [-0.3, -0.25) is 9.69 Å². The summed E-state index contributed by atoms with van der Waals surface area (Å²) in [5.74, 6) is 0.155. The number of piperazine rings is 1. The van der Waals surface area contributed by atoms with E-state index in [4.69, 9.17) is 5.73 Å². The number of carbonyl (C=O) groups excluding carboxylic acids is 1. The summed E-state index contributed by atoms with van der Waals surface area (Å²) in [6.07, 6.45) is 0. The Bertz CT molecular complexity index is 195. The van der Waals surface area contributed by atoms with Gasteiger partial charge in [0.2, 0.25) is 5.91 Å². The molecule has 1 amide bonds. The lowest BCUT2D eigenvalue weighted by Crippen LogP contribution is -2.62. The SMILES string of the molecule is CCN1C(C)CN(C)C(=O)C1CN. The molecule has 0 aromatic rings. The molecule has 0 aliphatic carbocycles. The van der Waals surface area contributed by atoms with Crippen molar-refractivity contribution in [1.82, 2.24) is 9.80 Å². The number of amides is 1. The molecule has 0 radical (unpaired) electrons. The second kappa shape index (κ2) is 4.07. The maximum atomic E-state index is 11.7. The average Bonchev–Trinajstić information content (AvgIpc) is 2.10. The summed E-state index contributed by atoms with van der Waals surface area (Å²) in [4.78, 5) is 15.6. The highest BCUT2D eigenvalue weighted by atomic mass is 16.2. The lowest BCUT2D eigenvalue weighted by atomic mass is 10.1. The van der Waals surface area contributed by atoms with E-state index in [1.807, 2.05) is 7.05 Å². The molecule has 2 unspecified atom stereocenters. The van der Waals surface area contributed by atoms with Gasteiger partial charge in [0.15, 0.2) is 0 Å². The third-order valence-electron chi connectivity index (χ3n) is 2.75. The molecule has 0 saturated carbocycles. The molecule has 1 aliphatic rings. The van der Waals surface area contributed by atoms with Crippen LogP contribution in [0.1, 0.15) is 13.8 Å². The maximum absolute atomic E-state index is 11.7. The summed E-state index contributed by atoms with van der Waals surface area (Å²) in [5.41, 5.74) is 5.59. The molecule has 2 N–H and O–H groups in total. The van der Waals surface area contributed by atoms with Crippen molar-refractivity contribution in [1.29, 1.82) is 0 Å². The largest absolute Gasteiger partial charge is 0.343 e. The number of nitrogens with two attached hydrogens (primary N) is 1. The van der Waals surface area contributed by atoms with E-state index in [0.29, 0.717) is 12.6 Å². The third-order valence-corrected chi connectivity index (χ3v) is 2.75. The zero-order chi connectivity index (χ0) is 10.0. The van der Waals surface area contributed by atoms with Gasteiger partial charge in [-0.2, -0.15) is 0 Å². The summed E-state index contributed by atoms with van der Waals surface area (Å²) in [7, 11) is 1.84. The minimum absolute atomic E-state index is 0.112. The number of hydrogen-bond acceptors (Lipinski definition) is 3. The number of nitrogens with zero attached hydrogens (tertiary/aromatic N) is 2. The van der Waals surface area contributed by atoms with Crippen molar-refractivity contribution in [2.45, 2.75) is 25.9 Å². The van der Waals surface area contributed by atoms with Gasteiger partial charge in [-0.15, -0.1) is 0 Å². The Kier molecular flexibility index (Phi) is 3.27. The molecule has 1 saturated heterocycles. The highest BCUT2D eigenvalue weighted by Crippen LogP contribution is 2.14. The quantitative estimate of drug-likeness (QED) is 0.631. The summed E-state index contributed by atoms with van der Waals surface area (Å²) < 4.78 is 0. The number of rotatable bonds is 2. The van der Waals surface area contributed by atoms with Crippen molar-refractivity contribution < 1.29 is 4.79 Å². The molecule has 1 fully saturated rings. The van der Waals surface area contributed by atoms with Crippen LogP contribution in [-0.2, 0) is 4.79 Å². The second-order valence-corrected chi connectivity index (χ2v) is 3.65. The number of carbonyl (C=O) groups is 1. The van der Waals surface area contributed by atoms with Gasteiger partial charge in [-0.25, -0.2) is 0 Å². The second-order valence-electron chi connectivity index (χ2n) is 3.65. The Morgan fingerprint density at radius 3 is 2.69 bits per heavy atom. The highest BCUT2D eigenvalue weighted by Gasteiger charge is 2.34. The van der Waals surface area contributed by atoms with Crippen LogP contribution in [-0.4, -0.2) is 54.5 Å². The Labute approximate surface area is 79.7 Å². The van der Waals surface area contributed by atoms with E-state index in [2.05, 4.69) is 18.7 Å². The molecule has 0 bridgehead atoms. The molecule has 2 atom stereocenters. The molecule has 13 heavy (non-hydrogen) atoms. The van der Waals surface area contributed by atoms with Gasteiger partial charge in [-0.1, -0.05) is 6.92 Å². The fraction of sp³-hybridized carbons (Fsp3) is 0.889. The van der Waals surface area contributed by atoms with Gasteiger partial charge < -0.3 is 10.6 Å². The predicted molar refractivity (Wildman–Crippen MR) is 52.3 cm³/mol. The fourth-order valence-corrected chi connectivity index (χ4v) is 2.06. The van der Waals surface area contributed by atoms with E-state index >= 15 is 0 Å². The molecular formula is C9H19N3O. The highest BCUT2D eigenvalue weighted by molar-refractivity contribution is 5.82. The molecule has 0 aromatic carbocycles. The molecule has 1 rings (SSSR count). The Hall–Kier alpha value is -0.610. The van der Waals surface area contributed by atoms with Gasteiger partial charge in [0, 0.05) is 26.2 Å². The van der Waals surface area contributed by atoms with Gasteiger partial charge in [-0.05, 0) is 13.5 Å². The zero-order valence-corrected chi connectivity index (χ0v) is 8.66. The first kappa shape index (κ1) is 10.5. The van der Waals surface area contributed by atoms with Crippen LogP contribution in [0.15, 0.2) is 0 Å². The van der Waals surface area contributed by atoms with Crippen molar-refractivity contribution in [3.8, 4) is 0 Å². The van der Waals surface area contributed by atoms with Crippen LogP contribution in [0.3, 0.4) is 0 Å². The first-order chi connectivity index (χ1) is 6.11. The molecule has 76 valence electrons. The Morgan fingerprint density at radius 1 is 1.62 bits per heavy atom. The lowest BCUT2D eigenvalue weighted by molar-refractivity contribution is -0.142. The van der Waals surface area contributed by atoms with Gasteiger partial charge >= 0.3 is 0 Å². The van der Waals surface area contributed by atoms with E-state index in [0.717, 1.165) is 13.1 Å². The number of likely N-dealkylation sites (N-methyl/N-ethyl adjacent to an activating group) is 2. The molecule has 0 spiro atoms. The topological polar surface area (TPSA) is 49.6 Å². The van der Waals surface area contributed by atoms with Crippen LogP contribution in [0.25, 0.3) is 0 Å². The molecule has 0 aromatic heterocycles. The van der Waals surface area contributed by atoms with E-state index in [1.165, 1.54) is 0 Å². The van der Waals surface area contributed by atoms with Crippen molar-refractivity contribution in [2.24, 2.45) is 5.73 Å². The molecule has 1 aliphatic heterocycles. The van der Waals surface area contributed by atoms with Crippen molar-refractivity contribution in [3.63, 3.8) is 0 Å². The first-order valence-electron chi connectivity index (χ1n) is 4.82. The van der Waals surface area contributed by atoms with Gasteiger partial charge in [0.1, 0.15) is 6.04 Å². The third kappa shape index (κ3) is 1.84. The van der Waals surface area contributed by atoms with Gasteiger partial charge in [0.05, 0.1) is 0 Å². The van der Waals surface area contributed by atoms with Crippen LogP contribution in [0.4, 0.5) is 0 Å². The summed E-state index contributed by atoms with van der Waals surface area (Å²) in [6.45, 7) is 6.32. The monoisotopic (exact) mass is 185 g/mol. The zero-order valence-electron chi connectivity index (χ0n) is 8.66. The van der Waals surface area contributed by atoms with Crippen LogP contribution in [0.2, 0.25) is 0 Å². The smallest absolute Gasteiger partial charge is 0.241 e. The summed E-state index contributed by atoms with van der Waals surface area (Å²) >= 11 is 0. The van der Waals surface area contributed by atoms with Crippen LogP contribution >= 0.6 is 0 Å². The minimum atomic E-state index is -0.112. The van der Waals surface area contributed by atoms with Gasteiger partial charge in [0.25, 0.3) is 0 Å². The average molecular weight is 185 g/mol. The number of hydrogen-bond donors (Lipinski definition) is 1. The van der Waals surface area contributed by atoms with Crippen LogP contribution < -0.4 is 5.73 Å². The molecule has 1 heterocycles. The van der Waals surface area contributed by atoms with Crippen molar-refractivity contribution in [3.05, 3.63) is 0 Å². The first-order valence-corrected chi connectivity index (χ1v) is 4.82. The normalized spacial score (nSPS) is 31.1. The summed E-state index contributed by atoms with van der Waals surface area (Å²) in [6, 6.07) is 0.306. The van der Waals surface area contributed by atoms with E-state index in [-0.39, 0.29) is 11.9 Å². The predicted octanol–water partition coefficient (Wildman–Crippen LogP) is -0.504. The molecule has 4 heteroatoms. The van der Waals surface area contributed by atoms with E-state index < -0.39 is 0 Å². The minimum Gasteiger partial charge on any atom is -0.343 e. The van der Waals surface area contributed by atoms with Crippen LogP contribution in [0.5, 0.6) is 0 Å². The Morgan fingerprint density at radius 2 is 2.23 bits per heavy atom. The van der Waals surface area contributed by atoms with Crippen molar-refractivity contribution >= 4 is 5.91 Å². The van der Waals surface area contributed by atoms with E-state index in [9.17, 15) is 4.79 Å². The standard InChI is InChI=1S/C9H19N3O/c1-4-12-7(2)6-11(3)9(13)8(12)5-10/h7-8H,4-6,10H2,1-3H3. The lowest BCUT2D eigenvalue weighted by Gasteiger charge is -2.42. The fourth-order valence-electron chi connectivity index (χ4n) is 2.06.